The van der Waals surface area contributed by atoms with Crippen molar-refractivity contribution < 1.29 is 9.53 Å². The van der Waals surface area contributed by atoms with E-state index in [1.54, 1.807) is 0 Å². The lowest BCUT2D eigenvalue weighted by Crippen LogP contribution is -2.30. The molecule has 1 aliphatic rings. The fourth-order valence-corrected chi connectivity index (χ4v) is 1.49. The molecule has 86 valence electrons. The van der Waals surface area contributed by atoms with Gasteiger partial charge in [0.25, 0.3) is 5.91 Å². The average molecular weight is 221 g/mol. The number of nitrogens with zero attached hydrogens (tertiary/aromatic N) is 1. The lowest BCUT2D eigenvalue weighted by Gasteiger charge is -2.19. The highest BCUT2D eigenvalue weighted by Gasteiger charge is 2.15. The molecule has 1 heterocycles. The van der Waals surface area contributed by atoms with Crippen LogP contribution in [0.3, 0.4) is 0 Å². The molecule has 5 nitrogen and oxygen atoms in total. The van der Waals surface area contributed by atoms with Gasteiger partial charge in [0.05, 0.1) is 5.69 Å². The van der Waals surface area contributed by atoms with Crippen molar-refractivity contribution in [2.24, 2.45) is 0 Å². The molecule has 0 aliphatic carbocycles. The molecule has 5 heteroatoms. The standard InChI is InChI=1S/C11H15N3O2/c1-14(2)12-6-8-3-4-10-9(5-8)13-11(15)7-16-10/h3-5,12H,6-7H2,1-2H3,(H,13,15). The summed E-state index contributed by atoms with van der Waals surface area (Å²) in [5.41, 5.74) is 5.00. The van der Waals surface area contributed by atoms with Gasteiger partial charge in [-0.3, -0.25) is 15.2 Å². The molecule has 1 aromatic rings. The number of carbonyl (C=O) groups is 1. The van der Waals surface area contributed by atoms with Gasteiger partial charge in [0.1, 0.15) is 5.75 Å². The van der Waals surface area contributed by atoms with Crippen LogP contribution in [-0.2, 0) is 11.3 Å². The van der Waals surface area contributed by atoms with E-state index < -0.39 is 0 Å². The number of anilines is 1. The van der Waals surface area contributed by atoms with Gasteiger partial charge >= 0.3 is 0 Å². The van der Waals surface area contributed by atoms with Crippen LogP contribution in [0, 0.1) is 0 Å². The molecule has 2 N–H and O–H groups in total. The minimum absolute atomic E-state index is 0.0995. The number of ether oxygens (including phenoxy) is 1. The zero-order valence-corrected chi connectivity index (χ0v) is 9.41. The Labute approximate surface area is 94.4 Å². The van der Waals surface area contributed by atoms with Crippen LogP contribution >= 0.6 is 0 Å². The molecule has 1 amide bonds. The number of hydrazine groups is 1. The minimum atomic E-state index is -0.106. The second-order valence-corrected chi connectivity index (χ2v) is 3.90. The SMILES string of the molecule is CN(C)NCc1ccc2c(c1)NC(=O)CO2. The lowest BCUT2D eigenvalue weighted by atomic mass is 10.1. The molecule has 0 saturated carbocycles. The van der Waals surface area contributed by atoms with Crippen LogP contribution in [0.25, 0.3) is 0 Å². The van der Waals surface area contributed by atoms with E-state index in [1.165, 1.54) is 0 Å². The topological polar surface area (TPSA) is 53.6 Å². The third kappa shape index (κ3) is 2.50. The van der Waals surface area contributed by atoms with Crippen LogP contribution < -0.4 is 15.5 Å². The van der Waals surface area contributed by atoms with Gasteiger partial charge in [-0.05, 0) is 17.7 Å². The molecule has 2 rings (SSSR count). The largest absolute Gasteiger partial charge is 0.482 e. The Balaban J connectivity index is 2.12. The maximum absolute atomic E-state index is 11.1. The molecular formula is C11H15N3O2. The minimum Gasteiger partial charge on any atom is -0.482 e. The van der Waals surface area contributed by atoms with Gasteiger partial charge in [0, 0.05) is 20.6 Å². The van der Waals surface area contributed by atoms with Crippen molar-refractivity contribution in [1.29, 1.82) is 0 Å². The van der Waals surface area contributed by atoms with E-state index in [2.05, 4.69) is 10.7 Å². The van der Waals surface area contributed by atoms with E-state index in [1.807, 2.05) is 37.3 Å². The van der Waals surface area contributed by atoms with E-state index in [9.17, 15) is 4.79 Å². The number of carbonyl (C=O) groups excluding carboxylic acids is 1. The number of fused-ring (bicyclic) bond motifs is 1. The van der Waals surface area contributed by atoms with E-state index in [0.29, 0.717) is 0 Å². The third-order valence-corrected chi connectivity index (χ3v) is 2.28. The maximum atomic E-state index is 11.1. The Hall–Kier alpha value is -1.59. The number of hydrogen-bond donors (Lipinski definition) is 2. The molecule has 0 saturated heterocycles. The maximum Gasteiger partial charge on any atom is 0.262 e. The molecule has 0 fully saturated rings. The number of benzene rings is 1. The van der Waals surface area contributed by atoms with Crippen LogP contribution in [0.4, 0.5) is 5.69 Å². The predicted octanol–water partition coefficient (Wildman–Crippen LogP) is 0.584. The third-order valence-electron chi connectivity index (χ3n) is 2.28. The van der Waals surface area contributed by atoms with Crippen molar-refractivity contribution in [3.8, 4) is 5.75 Å². The summed E-state index contributed by atoms with van der Waals surface area (Å²) in [6.07, 6.45) is 0. The smallest absolute Gasteiger partial charge is 0.262 e. The number of nitrogens with one attached hydrogen (secondary N) is 2. The van der Waals surface area contributed by atoms with Crippen LogP contribution in [0.5, 0.6) is 5.75 Å². The van der Waals surface area contributed by atoms with Crippen molar-refractivity contribution in [2.45, 2.75) is 6.54 Å². The molecular weight excluding hydrogens is 206 g/mol. The Bertz CT molecular complexity index is 404. The zero-order chi connectivity index (χ0) is 11.5. The van der Waals surface area contributed by atoms with Gasteiger partial charge in [-0.15, -0.1) is 0 Å². The highest BCUT2D eigenvalue weighted by atomic mass is 16.5. The van der Waals surface area contributed by atoms with Gasteiger partial charge in [-0.1, -0.05) is 6.07 Å². The molecule has 0 atom stereocenters. The summed E-state index contributed by atoms with van der Waals surface area (Å²) in [6, 6.07) is 5.77. The summed E-state index contributed by atoms with van der Waals surface area (Å²) in [7, 11) is 3.87. The number of hydrogen-bond acceptors (Lipinski definition) is 4. The second-order valence-electron chi connectivity index (χ2n) is 3.90. The molecule has 16 heavy (non-hydrogen) atoms. The van der Waals surface area contributed by atoms with E-state index >= 15 is 0 Å². The first-order valence-corrected chi connectivity index (χ1v) is 5.11. The van der Waals surface area contributed by atoms with Crippen LogP contribution in [-0.4, -0.2) is 31.6 Å². The number of rotatable bonds is 3. The van der Waals surface area contributed by atoms with Crippen molar-refractivity contribution in [3.63, 3.8) is 0 Å². The van der Waals surface area contributed by atoms with Gasteiger partial charge in [-0.25, -0.2) is 0 Å². The van der Waals surface area contributed by atoms with E-state index in [-0.39, 0.29) is 12.5 Å². The van der Waals surface area contributed by atoms with Crippen molar-refractivity contribution in [1.82, 2.24) is 10.4 Å². The molecule has 0 spiro atoms. The highest BCUT2D eigenvalue weighted by molar-refractivity contribution is 5.95. The molecule has 1 aliphatic heterocycles. The van der Waals surface area contributed by atoms with Crippen LogP contribution in [0.1, 0.15) is 5.56 Å². The zero-order valence-electron chi connectivity index (χ0n) is 9.41. The Kier molecular flexibility index (Phi) is 3.07. The summed E-state index contributed by atoms with van der Waals surface area (Å²) in [5, 5.41) is 4.67. The first kappa shape index (κ1) is 10.9. The normalized spacial score (nSPS) is 14.3. The second kappa shape index (κ2) is 4.51. The summed E-state index contributed by atoms with van der Waals surface area (Å²) in [4.78, 5) is 11.1. The first-order valence-electron chi connectivity index (χ1n) is 5.11. The van der Waals surface area contributed by atoms with Crippen molar-refractivity contribution >= 4 is 11.6 Å². The predicted molar refractivity (Wildman–Crippen MR) is 61.1 cm³/mol. The van der Waals surface area contributed by atoms with E-state index in [4.69, 9.17) is 4.74 Å². The highest BCUT2D eigenvalue weighted by Crippen LogP contribution is 2.28. The quantitative estimate of drug-likeness (QED) is 0.733. The first-order chi connectivity index (χ1) is 7.65. The van der Waals surface area contributed by atoms with Crippen molar-refractivity contribution in [2.75, 3.05) is 26.0 Å². The molecule has 1 aromatic carbocycles. The monoisotopic (exact) mass is 221 g/mol. The summed E-state index contributed by atoms with van der Waals surface area (Å²) < 4.78 is 5.27. The Morgan fingerprint density at radius 3 is 3.06 bits per heavy atom. The fraction of sp³-hybridized carbons (Fsp3) is 0.364. The molecule has 0 bridgehead atoms. The molecule has 0 aromatic heterocycles. The Morgan fingerprint density at radius 1 is 1.50 bits per heavy atom. The fourth-order valence-electron chi connectivity index (χ4n) is 1.49. The summed E-state index contributed by atoms with van der Waals surface area (Å²) >= 11 is 0. The molecule has 0 unspecified atom stereocenters. The number of amides is 1. The van der Waals surface area contributed by atoms with E-state index in [0.717, 1.165) is 23.5 Å². The Morgan fingerprint density at radius 2 is 2.31 bits per heavy atom. The molecule has 0 radical (unpaired) electrons. The van der Waals surface area contributed by atoms with Gasteiger partial charge in [0.15, 0.2) is 6.61 Å². The van der Waals surface area contributed by atoms with Gasteiger partial charge in [-0.2, -0.15) is 0 Å². The summed E-state index contributed by atoms with van der Waals surface area (Å²) in [5.74, 6) is 0.624. The van der Waals surface area contributed by atoms with Gasteiger partial charge in [0.2, 0.25) is 0 Å². The summed E-state index contributed by atoms with van der Waals surface area (Å²) in [6.45, 7) is 0.818. The average Bonchev–Trinajstić information content (AvgIpc) is 2.25. The van der Waals surface area contributed by atoms with Crippen molar-refractivity contribution in [3.05, 3.63) is 23.8 Å². The van der Waals surface area contributed by atoms with Crippen LogP contribution in [0.15, 0.2) is 18.2 Å². The van der Waals surface area contributed by atoms with Gasteiger partial charge < -0.3 is 10.1 Å². The van der Waals surface area contributed by atoms with Crippen LogP contribution in [0.2, 0.25) is 0 Å². The lowest BCUT2D eigenvalue weighted by molar-refractivity contribution is -0.118.